The molecule has 1 atom stereocenters. The van der Waals surface area contributed by atoms with Gasteiger partial charge in [-0.3, -0.25) is 9.69 Å². The largest absolute Gasteiger partial charge is 0.497 e. The van der Waals surface area contributed by atoms with Crippen LogP contribution in [-0.4, -0.2) is 42.6 Å². The molecule has 3 aliphatic rings. The quantitative estimate of drug-likeness (QED) is 0.719. The topological polar surface area (TPSA) is 50.8 Å². The van der Waals surface area contributed by atoms with Crippen LogP contribution < -0.4 is 14.8 Å². The molecule has 32 heavy (non-hydrogen) atoms. The maximum absolute atomic E-state index is 12.7. The molecule has 2 fully saturated rings. The van der Waals surface area contributed by atoms with Crippen molar-refractivity contribution >= 4 is 5.91 Å². The fraction of sp³-hybridized carbons (Fsp3) is 0.519. The van der Waals surface area contributed by atoms with Gasteiger partial charge >= 0.3 is 0 Å². The van der Waals surface area contributed by atoms with E-state index in [2.05, 4.69) is 40.5 Å². The molecule has 1 N–H and O–H groups in total. The fourth-order valence-electron chi connectivity index (χ4n) is 5.40. The minimum absolute atomic E-state index is 0.161. The normalized spacial score (nSPS) is 22.5. The number of carbonyl (C=O) groups excluding carboxylic acids is 1. The number of hydrogen-bond donors (Lipinski definition) is 1. The molecule has 0 bridgehead atoms. The number of para-hydroxylation sites is 1. The molecule has 0 radical (unpaired) electrons. The van der Waals surface area contributed by atoms with Crippen molar-refractivity contribution in [3.63, 3.8) is 0 Å². The van der Waals surface area contributed by atoms with Crippen molar-refractivity contribution in [2.75, 3.05) is 20.2 Å². The zero-order chi connectivity index (χ0) is 22.0. The highest BCUT2D eigenvalue weighted by molar-refractivity contribution is 5.77. The molecule has 1 amide bonds. The monoisotopic (exact) mass is 434 g/mol. The van der Waals surface area contributed by atoms with Crippen LogP contribution in [0.5, 0.6) is 11.5 Å². The summed E-state index contributed by atoms with van der Waals surface area (Å²) in [6, 6.07) is 17.1. The number of hydrogen-bond acceptors (Lipinski definition) is 4. The molecule has 2 heterocycles. The molecule has 2 aromatic rings. The van der Waals surface area contributed by atoms with Crippen LogP contribution in [0, 0.1) is 0 Å². The molecule has 5 heteroatoms. The van der Waals surface area contributed by atoms with Crippen LogP contribution >= 0.6 is 0 Å². The van der Waals surface area contributed by atoms with Gasteiger partial charge in [-0.25, -0.2) is 0 Å². The van der Waals surface area contributed by atoms with Gasteiger partial charge in [0.05, 0.1) is 7.11 Å². The van der Waals surface area contributed by atoms with Crippen LogP contribution in [-0.2, 0) is 11.3 Å². The molecule has 0 unspecified atom stereocenters. The second-order valence-electron chi connectivity index (χ2n) is 9.75. The van der Waals surface area contributed by atoms with E-state index in [1.807, 2.05) is 18.2 Å². The van der Waals surface area contributed by atoms with E-state index in [-0.39, 0.29) is 17.4 Å². The molecule has 1 saturated heterocycles. The highest BCUT2D eigenvalue weighted by Crippen LogP contribution is 2.46. The van der Waals surface area contributed by atoms with Crippen LogP contribution in [0.4, 0.5) is 0 Å². The molecule has 1 spiro atoms. The average Bonchev–Trinajstić information content (AvgIpc) is 2.78. The Bertz CT molecular complexity index is 930. The number of amides is 1. The summed E-state index contributed by atoms with van der Waals surface area (Å²) in [7, 11) is 1.70. The van der Waals surface area contributed by atoms with Crippen molar-refractivity contribution in [3.05, 3.63) is 59.7 Å². The highest BCUT2D eigenvalue weighted by atomic mass is 16.5. The third-order valence-electron chi connectivity index (χ3n) is 7.54. The highest BCUT2D eigenvalue weighted by Gasteiger charge is 2.43. The van der Waals surface area contributed by atoms with E-state index in [9.17, 15) is 4.79 Å². The van der Waals surface area contributed by atoms with Crippen molar-refractivity contribution in [1.29, 1.82) is 0 Å². The van der Waals surface area contributed by atoms with Gasteiger partial charge < -0.3 is 14.8 Å². The number of fused-ring (bicyclic) bond motifs is 1. The minimum atomic E-state index is -0.161. The molecular weight excluding hydrogens is 400 g/mol. The Kier molecular flexibility index (Phi) is 6.09. The molecule has 5 nitrogen and oxygen atoms in total. The van der Waals surface area contributed by atoms with Gasteiger partial charge in [-0.15, -0.1) is 0 Å². The Hall–Kier alpha value is -2.53. The van der Waals surface area contributed by atoms with Crippen LogP contribution in [0.3, 0.4) is 0 Å². The number of benzene rings is 2. The van der Waals surface area contributed by atoms with E-state index in [1.165, 1.54) is 17.5 Å². The standard InChI is InChI=1S/C27H34N2O3/c1-31-23-11-9-20(10-12-23)19-29-15-13-27(14-16-29)18-21(17-26(30)28-22-5-4-6-22)24-7-2-3-8-25(24)32-27/h2-3,7-12,21-22H,4-6,13-19H2,1H3,(H,28,30)/t21-/m1/s1. The number of nitrogens with zero attached hydrogens (tertiary/aromatic N) is 1. The van der Waals surface area contributed by atoms with E-state index in [0.717, 1.165) is 63.2 Å². The summed E-state index contributed by atoms with van der Waals surface area (Å²) in [5.41, 5.74) is 2.34. The van der Waals surface area contributed by atoms with E-state index in [0.29, 0.717) is 12.5 Å². The third kappa shape index (κ3) is 4.63. The first-order chi connectivity index (χ1) is 15.6. The van der Waals surface area contributed by atoms with Gasteiger partial charge in [0, 0.05) is 38.0 Å². The molecule has 2 aliphatic heterocycles. The van der Waals surface area contributed by atoms with Crippen LogP contribution in [0.1, 0.15) is 62.0 Å². The van der Waals surface area contributed by atoms with Crippen LogP contribution in [0.2, 0.25) is 0 Å². The summed E-state index contributed by atoms with van der Waals surface area (Å²) in [6.07, 6.45) is 6.98. The summed E-state index contributed by atoms with van der Waals surface area (Å²) in [4.78, 5) is 15.2. The van der Waals surface area contributed by atoms with Crippen LogP contribution in [0.25, 0.3) is 0 Å². The number of carbonyl (C=O) groups is 1. The lowest BCUT2D eigenvalue weighted by Gasteiger charge is -2.47. The first-order valence-electron chi connectivity index (χ1n) is 12.1. The van der Waals surface area contributed by atoms with Crippen molar-refractivity contribution in [1.82, 2.24) is 10.2 Å². The zero-order valence-corrected chi connectivity index (χ0v) is 19.0. The van der Waals surface area contributed by atoms with E-state index < -0.39 is 0 Å². The summed E-state index contributed by atoms with van der Waals surface area (Å²) in [5, 5.41) is 3.23. The summed E-state index contributed by atoms with van der Waals surface area (Å²) < 4.78 is 11.9. The molecule has 1 saturated carbocycles. The maximum atomic E-state index is 12.7. The predicted molar refractivity (Wildman–Crippen MR) is 125 cm³/mol. The molecule has 2 aromatic carbocycles. The van der Waals surface area contributed by atoms with E-state index >= 15 is 0 Å². The Morgan fingerprint density at radius 3 is 2.56 bits per heavy atom. The summed E-state index contributed by atoms with van der Waals surface area (Å²) in [6.45, 7) is 2.97. The Morgan fingerprint density at radius 1 is 1.12 bits per heavy atom. The molecular formula is C27H34N2O3. The molecule has 0 aromatic heterocycles. The van der Waals surface area contributed by atoms with Crippen molar-refractivity contribution in [2.45, 2.75) is 69.1 Å². The molecule has 170 valence electrons. The van der Waals surface area contributed by atoms with Gasteiger partial charge in [-0.2, -0.15) is 0 Å². The maximum Gasteiger partial charge on any atom is 0.220 e. The zero-order valence-electron chi connectivity index (χ0n) is 19.0. The van der Waals surface area contributed by atoms with Gasteiger partial charge in [0.1, 0.15) is 17.1 Å². The van der Waals surface area contributed by atoms with Crippen LogP contribution in [0.15, 0.2) is 48.5 Å². The van der Waals surface area contributed by atoms with Gasteiger partial charge in [-0.05, 0) is 67.9 Å². The predicted octanol–water partition coefficient (Wildman–Crippen LogP) is 4.65. The van der Waals surface area contributed by atoms with Gasteiger partial charge in [0.25, 0.3) is 0 Å². The van der Waals surface area contributed by atoms with Crippen molar-refractivity contribution in [2.24, 2.45) is 0 Å². The SMILES string of the molecule is COc1ccc(CN2CCC3(CC2)C[C@@H](CC(=O)NC2CCC2)c2ccccc2O3)cc1. The minimum Gasteiger partial charge on any atom is -0.497 e. The van der Waals surface area contributed by atoms with Gasteiger partial charge in [-0.1, -0.05) is 30.3 Å². The Labute approximate surface area is 191 Å². The summed E-state index contributed by atoms with van der Waals surface area (Å²) >= 11 is 0. The van der Waals surface area contributed by atoms with E-state index in [1.54, 1.807) is 7.11 Å². The second-order valence-corrected chi connectivity index (χ2v) is 9.75. The van der Waals surface area contributed by atoms with Crippen molar-refractivity contribution in [3.8, 4) is 11.5 Å². The van der Waals surface area contributed by atoms with Gasteiger partial charge in [0.15, 0.2) is 0 Å². The van der Waals surface area contributed by atoms with Crippen molar-refractivity contribution < 1.29 is 14.3 Å². The lowest BCUT2D eigenvalue weighted by Crippen LogP contribution is -2.50. The fourth-order valence-corrected chi connectivity index (χ4v) is 5.40. The second kappa shape index (κ2) is 9.14. The average molecular weight is 435 g/mol. The lowest BCUT2D eigenvalue weighted by atomic mass is 9.76. The molecule has 1 aliphatic carbocycles. The summed E-state index contributed by atoms with van der Waals surface area (Å²) in [5.74, 6) is 2.30. The number of ether oxygens (including phenoxy) is 2. The Morgan fingerprint density at radius 2 is 1.88 bits per heavy atom. The number of nitrogens with one attached hydrogen (secondary N) is 1. The molecule has 5 rings (SSSR count). The smallest absolute Gasteiger partial charge is 0.220 e. The van der Waals surface area contributed by atoms with E-state index in [4.69, 9.17) is 9.47 Å². The first-order valence-corrected chi connectivity index (χ1v) is 12.1. The Balaban J connectivity index is 1.24. The number of rotatable bonds is 6. The van der Waals surface area contributed by atoms with Gasteiger partial charge in [0.2, 0.25) is 5.91 Å². The number of piperidine rings is 1. The number of methoxy groups -OCH3 is 1. The number of likely N-dealkylation sites (tertiary alicyclic amines) is 1. The lowest BCUT2D eigenvalue weighted by molar-refractivity contribution is -0.123. The first kappa shape index (κ1) is 21.3. The third-order valence-corrected chi connectivity index (χ3v) is 7.54.